The summed E-state index contributed by atoms with van der Waals surface area (Å²) >= 11 is 0. The molecule has 0 aliphatic carbocycles. The lowest BCUT2D eigenvalue weighted by Crippen LogP contribution is -2.14. The number of benzene rings is 1. The molecule has 2 rings (SSSR count). The lowest BCUT2D eigenvalue weighted by atomic mass is 9.96. The Kier molecular flexibility index (Phi) is 2.51. The second-order valence-corrected chi connectivity index (χ2v) is 3.66. The number of hydrogen-bond acceptors (Lipinski definition) is 3. The Bertz CT molecular complexity index is 448. The van der Waals surface area contributed by atoms with Gasteiger partial charge in [-0.2, -0.15) is 15.4 Å². The molecule has 78 valence electrons. The number of nitrogens with two attached hydrogens (primary N) is 1. The van der Waals surface area contributed by atoms with E-state index in [0.29, 0.717) is 0 Å². The molecule has 1 aromatic carbocycles. The molecule has 15 heavy (non-hydrogen) atoms. The van der Waals surface area contributed by atoms with E-state index in [-0.39, 0.29) is 6.04 Å². The molecule has 0 saturated heterocycles. The third-order valence-electron chi connectivity index (χ3n) is 2.73. The van der Waals surface area contributed by atoms with Gasteiger partial charge in [0.05, 0.1) is 12.2 Å². The third kappa shape index (κ3) is 1.76. The Hall–Kier alpha value is -1.68. The summed E-state index contributed by atoms with van der Waals surface area (Å²) in [6.45, 7) is 4.15. The molecule has 1 heterocycles. The van der Waals surface area contributed by atoms with Crippen LogP contribution in [-0.4, -0.2) is 15.4 Å². The monoisotopic (exact) mass is 202 g/mol. The highest BCUT2D eigenvalue weighted by molar-refractivity contribution is 5.38. The summed E-state index contributed by atoms with van der Waals surface area (Å²) in [5, 5.41) is 10.3. The van der Waals surface area contributed by atoms with Gasteiger partial charge in [-0.1, -0.05) is 18.2 Å². The van der Waals surface area contributed by atoms with Crippen LogP contribution in [0.15, 0.2) is 24.4 Å². The van der Waals surface area contributed by atoms with Crippen molar-refractivity contribution in [1.29, 1.82) is 0 Å². The van der Waals surface area contributed by atoms with Crippen LogP contribution in [-0.2, 0) is 0 Å². The van der Waals surface area contributed by atoms with Gasteiger partial charge in [0.15, 0.2) is 0 Å². The first-order valence-corrected chi connectivity index (χ1v) is 4.87. The second kappa shape index (κ2) is 3.82. The van der Waals surface area contributed by atoms with Crippen molar-refractivity contribution < 1.29 is 0 Å². The fourth-order valence-electron chi connectivity index (χ4n) is 1.63. The fraction of sp³-hybridized carbons (Fsp3) is 0.273. The van der Waals surface area contributed by atoms with Gasteiger partial charge in [-0.15, -0.1) is 0 Å². The molecule has 4 heteroatoms. The van der Waals surface area contributed by atoms with Crippen molar-refractivity contribution in [3.63, 3.8) is 0 Å². The van der Waals surface area contributed by atoms with E-state index in [0.717, 1.165) is 11.3 Å². The maximum absolute atomic E-state index is 6.11. The molecule has 0 bridgehead atoms. The van der Waals surface area contributed by atoms with Crippen molar-refractivity contribution in [2.45, 2.75) is 19.9 Å². The molecule has 1 unspecified atom stereocenters. The SMILES string of the molecule is Cc1cccc(C(N)c2cn[nH]n2)c1C. The lowest BCUT2D eigenvalue weighted by molar-refractivity contribution is 0.802. The van der Waals surface area contributed by atoms with Crippen molar-refractivity contribution in [3.8, 4) is 0 Å². The second-order valence-electron chi connectivity index (χ2n) is 3.66. The zero-order valence-corrected chi connectivity index (χ0v) is 8.86. The Labute approximate surface area is 88.5 Å². The van der Waals surface area contributed by atoms with Gasteiger partial charge in [0.2, 0.25) is 0 Å². The van der Waals surface area contributed by atoms with Crippen molar-refractivity contribution >= 4 is 0 Å². The molecular weight excluding hydrogens is 188 g/mol. The van der Waals surface area contributed by atoms with Crippen molar-refractivity contribution in [1.82, 2.24) is 15.4 Å². The predicted octanol–water partition coefficient (Wildman–Crippen LogP) is 1.47. The Morgan fingerprint density at radius 2 is 2.13 bits per heavy atom. The lowest BCUT2D eigenvalue weighted by Gasteiger charge is -2.13. The number of H-pyrrole nitrogens is 1. The van der Waals surface area contributed by atoms with Gasteiger partial charge in [0.25, 0.3) is 0 Å². The molecule has 1 aromatic heterocycles. The summed E-state index contributed by atoms with van der Waals surface area (Å²) in [6, 6.07) is 5.91. The predicted molar refractivity (Wildman–Crippen MR) is 58.3 cm³/mol. The van der Waals surface area contributed by atoms with Crippen LogP contribution in [0.25, 0.3) is 0 Å². The highest BCUT2D eigenvalue weighted by atomic mass is 15.3. The molecule has 0 aliphatic rings. The maximum atomic E-state index is 6.11. The zero-order chi connectivity index (χ0) is 10.8. The normalized spacial score (nSPS) is 12.7. The average Bonchev–Trinajstić information content (AvgIpc) is 2.74. The number of nitrogens with zero attached hydrogens (tertiary/aromatic N) is 2. The smallest absolute Gasteiger partial charge is 0.104 e. The summed E-state index contributed by atoms with van der Waals surface area (Å²) < 4.78 is 0. The number of rotatable bonds is 2. The van der Waals surface area contributed by atoms with E-state index in [1.165, 1.54) is 11.1 Å². The van der Waals surface area contributed by atoms with Crippen LogP contribution in [0.1, 0.15) is 28.4 Å². The molecule has 0 aliphatic heterocycles. The number of aromatic nitrogens is 3. The van der Waals surface area contributed by atoms with Gasteiger partial charge >= 0.3 is 0 Å². The first-order valence-electron chi connectivity index (χ1n) is 4.87. The molecule has 4 nitrogen and oxygen atoms in total. The molecule has 0 amide bonds. The van der Waals surface area contributed by atoms with Gasteiger partial charge in [0.1, 0.15) is 5.69 Å². The summed E-state index contributed by atoms with van der Waals surface area (Å²) in [6.07, 6.45) is 1.66. The van der Waals surface area contributed by atoms with E-state index in [2.05, 4.69) is 35.3 Å². The maximum Gasteiger partial charge on any atom is 0.104 e. The van der Waals surface area contributed by atoms with E-state index in [4.69, 9.17) is 5.73 Å². The molecule has 0 radical (unpaired) electrons. The van der Waals surface area contributed by atoms with Crippen molar-refractivity contribution in [3.05, 3.63) is 46.8 Å². The van der Waals surface area contributed by atoms with E-state index < -0.39 is 0 Å². The largest absolute Gasteiger partial charge is 0.319 e. The molecule has 2 aromatic rings. The zero-order valence-electron chi connectivity index (χ0n) is 8.86. The minimum atomic E-state index is -0.205. The van der Waals surface area contributed by atoms with Crippen molar-refractivity contribution in [2.75, 3.05) is 0 Å². The standard InChI is InChI=1S/C11H14N4/c1-7-4-3-5-9(8(7)2)11(12)10-6-13-15-14-10/h3-6,11H,12H2,1-2H3,(H,13,14,15). The van der Waals surface area contributed by atoms with Crippen LogP contribution in [0.2, 0.25) is 0 Å². The number of aryl methyl sites for hydroxylation is 1. The first kappa shape index (κ1) is 9.86. The van der Waals surface area contributed by atoms with Crippen LogP contribution < -0.4 is 5.73 Å². The summed E-state index contributed by atoms with van der Waals surface area (Å²) in [5.74, 6) is 0. The average molecular weight is 202 g/mol. The summed E-state index contributed by atoms with van der Waals surface area (Å²) in [5.41, 5.74) is 10.4. The van der Waals surface area contributed by atoms with Crippen LogP contribution in [0.3, 0.4) is 0 Å². The van der Waals surface area contributed by atoms with Gasteiger partial charge in [-0.25, -0.2) is 0 Å². The molecule has 1 atom stereocenters. The van der Waals surface area contributed by atoms with E-state index in [1.54, 1.807) is 6.20 Å². The van der Waals surface area contributed by atoms with E-state index in [1.807, 2.05) is 12.1 Å². The van der Waals surface area contributed by atoms with Crippen LogP contribution in [0.5, 0.6) is 0 Å². The summed E-state index contributed by atoms with van der Waals surface area (Å²) in [7, 11) is 0. The number of hydrogen-bond donors (Lipinski definition) is 2. The van der Waals surface area contributed by atoms with Crippen molar-refractivity contribution in [2.24, 2.45) is 5.73 Å². The highest BCUT2D eigenvalue weighted by Crippen LogP contribution is 2.22. The molecule has 0 saturated carbocycles. The minimum absolute atomic E-state index is 0.205. The quantitative estimate of drug-likeness (QED) is 0.774. The Morgan fingerprint density at radius 1 is 1.33 bits per heavy atom. The molecule has 0 fully saturated rings. The van der Waals surface area contributed by atoms with E-state index >= 15 is 0 Å². The van der Waals surface area contributed by atoms with Gasteiger partial charge in [-0.3, -0.25) is 0 Å². The fourth-order valence-corrected chi connectivity index (χ4v) is 1.63. The van der Waals surface area contributed by atoms with Crippen LogP contribution in [0.4, 0.5) is 0 Å². The number of aromatic amines is 1. The first-order chi connectivity index (χ1) is 7.20. The highest BCUT2D eigenvalue weighted by Gasteiger charge is 2.14. The summed E-state index contributed by atoms with van der Waals surface area (Å²) in [4.78, 5) is 0. The topological polar surface area (TPSA) is 67.6 Å². The van der Waals surface area contributed by atoms with Crippen LogP contribution >= 0.6 is 0 Å². The molecule has 0 spiro atoms. The third-order valence-corrected chi connectivity index (χ3v) is 2.73. The Balaban J connectivity index is 2.42. The van der Waals surface area contributed by atoms with Gasteiger partial charge in [0, 0.05) is 0 Å². The van der Waals surface area contributed by atoms with Gasteiger partial charge in [-0.05, 0) is 30.5 Å². The molecular formula is C11H14N4. The number of nitrogens with one attached hydrogen (secondary N) is 1. The van der Waals surface area contributed by atoms with Gasteiger partial charge < -0.3 is 5.73 Å². The van der Waals surface area contributed by atoms with E-state index in [9.17, 15) is 0 Å². The van der Waals surface area contributed by atoms with Crippen LogP contribution in [0, 0.1) is 13.8 Å². The Morgan fingerprint density at radius 3 is 2.80 bits per heavy atom. The minimum Gasteiger partial charge on any atom is -0.319 e. The molecule has 3 N–H and O–H groups in total.